The first kappa shape index (κ1) is 15.4. The zero-order valence-electron chi connectivity index (χ0n) is 12.7. The maximum absolute atomic E-state index is 14.6. The van der Waals surface area contributed by atoms with Crippen molar-refractivity contribution in [1.29, 1.82) is 0 Å². The van der Waals surface area contributed by atoms with Crippen molar-refractivity contribution in [3.05, 3.63) is 29.6 Å². The molecule has 4 rings (SSSR count). The summed E-state index contributed by atoms with van der Waals surface area (Å²) >= 11 is 0. The van der Waals surface area contributed by atoms with Crippen LogP contribution in [0.25, 0.3) is 11.0 Å². The van der Waals surface area contributed by atoms with E-state index in [1.165, 1.54) is 0 Å². The third kappa shape index (κ3) is 2.35. The lowest BCUT2D eigenvalue weighted by molar-refractivity contribution is -0.137. The standard InChI is InChI=1S/C16H15F4N3O/c17-12-8-23-11(6-13(12)22-3-1-2-14(22)24)5-9-4-10(16(18,19)20)7-21-15(9)23/h4-5,7,12-13H,1-3,6,8H2. The number of fused-ring (bicyclic) bond motifs is 3. The highest BCUT2D eigenvalue weighted by Crippen LogP contribution is 2.34. The van der Waals surface area contributed by atoms with Gasteiger partial charge in [0.2, 0.25) is 5.91 Å². The molecule has 1 fully saturated rings. The number of amides is 1. The van der Waals surface area contributed by atoms with Gasteiger partial charge in [-0.25, -0.2) is 9.37 Å². The molecule has 0 aromatic carbocycles. The second kappa shape index (κ2) is 5.19. The number of aromatic nitrogens is 2. The number of hydrogen-bond acceptors (Lipinski definition) is 2. The van der Waals surface area contributed by atoms with Crippen molar-refractivity contribution >= 4 is 16.9 Å². The fourth-order valence-electron chi connectivity index (χ4n) is 3.69. The van der Waals surface area contributed by atoms with Crippen molar-refractivity contribution in [1.82, 2.24) is 14.5 Å². The molecule has 128 valence electrons. The normalized spacial score (nSPS) is 24.7. The van der Waals surface area contributed by atoms with E-state index in [-0.39, 0.29) is 12.5 Å². The Labute approximate surface area is 135 Å². The number of likely N-dealkylation sites (tertiary alicyclic amines) is 1. The Kier molecular flexibility index (Phi) is 3.33. The first-order valence-electron chi connectivity index (χ1n) is 7.83. The smallest absolute Gasteiger partial charge is 0.336 e. The van der Waals surface area contributed by atoms with Gasteiger partial charge in [0.1, 0.15) is 11.8 Å². The molecular weight excluding hydrogens is 326 g/mol. The molecule has 24 heavy (non-hydrogen) atoms. The molecule has 4 nitrogen and oxygen atoms in total. The fourth-order valence-corrected chi connectivity index (χ4v) is 3.69. The average molecular weight is 341 g/mol. The van der Waals surface area contributed by atoms with Crippen molar-refractivity contribution < 1.29 is 22.4 Å². The molecule has 1 amide bonds. The second-order valence-corrected chi connectivity index (χ2v) is 6.36. The van der Waals surface area contributed by atoms with Gasteiger partial charge in [0.15, 0.2) is 0 Å². The Morgan fingerprint density at radius 2 is 2.04 bits per heavy atom. The highest BCUT2D eigenvalue weighted by Gasteiger charge is 2.38. The van der Waals surface area contributed by atoms with Crippen LogP contribution in [0.3, 0.4) is 0 Å². The van der Waals surface area contributed by atoms with Gasteiger partial charge in [0, 0.05) is 36.7 Å². The maximum Gasteiger partial charge on any atom is 0.417 e. The predicted molar refractivity (Wildman–Crippen MR) is 78.1 cm³/mol. The lowest BCUT2D eigenvalue weighted by Gasteiger charge is -2.34. The van der Waals surface area contributed by atoms with E-state index in [4.69, 9.17) is 0 Å². The summed E-state index contributed by atoms with van der Waals surface area (Å²) in [6.07, 6.45) is -3.48. The van der Waals surface area contributed by atoms with Gasteiger partial charge in [-0.1, -0.05) is 0 Å². The molecule has 8 heteroatoms. The summed E-state index contributed by atoms with van der Waals surface area (Å²) < 4.78 is 54.7. The third-order valence-electron chi connectivity index (χ3n) is 4.85. The van der Waals surface area contributed by atoms with Gasteiger partial charge in [-0.05, 0) is 18.6 Å². The second-order valence-electron chi connectivity index (χ2n) is 6.36. The molecule has 0 radical (unpaired) electrons. The topological polar surface area (TPSA) is 38.1 Å². The Morgan fingerprint density at radius 3 is 2.71 bits per heavy atom. The molecule has 2 aliphatic rings. The SMILES string of the molecule is O=C1CCCN1C1Cc2cc3cc(C(F)(F)F)cnc3n2CC1F. The molecule has 2 aliphatic heterocycles. The van der Waals surface area contributed by atoms with Gasteiger partial charge in [0.05, 0.1) is 18.2 Å². The van der Waals surface area contributed by atoms with Gasteiger partial charge < -0.3 is 9.47 Å². The molecule has 0 saturated carbocycles. The summed E-state index contributed by atoms with van der Waals surface area (Å²) in [7, 11) is 0. The van der Waals surface area contributed by atoms with Crippen LogP contribution in [0.4, 0.5) is 17.6 Å². The summed E-state index contributed by atoms with van der Waals surface area (Å²) in [5, 5.41) is 0.348. The Balaban J connectivity index is 1.72. The summed E-state index contributed by atoms with van der Waals surface area (Å²) in [6.45, 7) is 0.548. The monoisotopic (exact) mass is 341 g/mol. The highest BCUT2D eigenvalue weighted by molar-refractivity contribution is 5.80. The van der Waals surface area contributed by atoms with Gasteiger partial charge in [-0.15, -0.1) is 0 Å². The van der Waals surface area contributed by atoms with Crippen LogP contribution in [0.2, 0.25) is 0 Å². The molecule has 0 N–H and O–H groups in total. The minimum Gasteiger partial charge on any atom is -0.336 e. The van der Waals surface area contributed by atoms with Crippen molar-refractivity contribution in [2.24, 2.45) is 0 Å². The third-order valence-corrected chi connectivity index (χ3v) is 4.85. The van der Waals surface area contributed by atoms with Crippen LogP contribution in [0, 0.1) is 0 Å². The zero-order valence-corrected chi connectivity index (χ0v) is 12.7. The van der Waals surface area contributed by atoms with E-state index in [0.717, 1.165) is 24.4 Å². The number of carbonyl (C=O) groups is 1. The molecule has 1 saturated heterocycles. The van der Waals surface area contributed by atoms with E-state index < -0.39 is 24.0 Å². The van der Waals surface area contributed by atoms with Crippen LogP contribution in [0.1, 0.15) is 24.1 Å². The van der Waals surface area contributed by atoms with E-state index in [9.17, 15) is 22.4 Å². The summed E-state index contributed by atoms with van der Waals surface area (Å²) in [6, 6.07) is 2.12. The molecule has 2 atom stereocenters. The number of halogens is 4. The number of rotatable bonds is 1. The number of alkyl halides is 4. The molecule has 4 heterocycles. The molecule has 2 unspecified atom stereocenters. The van der Waals surface area contributed by atoms with E-state index in [2.05, 4.69) is 4.98 Å². The van der Waals surface area contributed by atoms with Gasteiger partial charge in [-0.3, -0.25) is 4.79 Å². The van der Waals surface area contributed by atoms with Crippen LogP contribution in [0.15, 0.2) is 18.3 Å². The van der Waals surface area contributed by atoms with Crippen molar-refractivity contribution in [2.45, 2.75) is 44.2 Å². The molecular formula is C16H15F4N3O. The fraction of sp³-hybridized carbons (Fsp3) is 0.500. The minimum absolute atomic E-state index is 0.00560. The van der Waals surface area contributed by atoms with Gasteiger partial charge >= 0.3 is 6.18 Å². The van der Waals surface area contributed by atoms with Crippen LogP contribution in [-0.4, -0.2) is 39.1 Å². The maximum atomic E-state index is 14.6. The molecule has 0 bridgehead atoms. The van der Waals surface area contributed by atoms with E-state index in [1.807, 2.05) is 0 Å². The number of hydrogen-bond donors (Lipinski definition) is 0. The molecule has 2 aromatic heterocycles. The molecule has 0 spiro atoms. The van der Waals surface area contributed by atoms with E-state index in [1.54, 1.807) is 15.5 Å². The Hall–Kier alpha value is -2.12. The van der Waals surface area contributed by atoms with E-state index >= 15 is 0 Å². The van der Waals surface area contributed by atoms with Crippen LogP contribution >= 0.6 is 0 Å². The van der Waals surface area contributed by atoms with Crippen LogP contribution in [-0.2, 0) is 23.9 Å². The first-order valence-corrected chi connectivity index (χ1v) is 7.83. The molecule has 0 aliphatic carbocycles. The summed E-state index contributed by atoms with van der Waals surface area (Å²) in [5.41, 5.74) is 0.253. The molecule has 2 aromatic rings. The van der Waals surface area contributed by atoms with E-state index in [0.29, 0.717) is 30.4 Å². The first-order chi connectivity index (χ1) is 11.3. The predicted octanol–water partition coefficient (Wildman–Crippen LogP) is 2.94. The average Bonchev–Trinajstić information content (AvgIpc) is 3.08. The van der Waals surface area contributed by atoms with Gasteiger partial charge in [-0.2, -0.15) is 13.2 Å². The largest absolute Gasteiger partial charge is 0.417 e. The van der Waals surface area contributed by atoms with Crippen molar-refractivity contribution in [3.8, 4) is 0 Å². The Bertz CT molecular complexity index is 813. The summed E-state index contributed by atoms with van der Waals surface area (Å²) in [4.78, 5) is 17.3. The number of pyridine rings is 1. The number of nitrogens with zero attached hydrogens (tertiary/aromatic N) is 3. The van der Waals surface area contributed by atoms with Gasteiger partial charge in [0.25, 0.3) is 0 Å². The zero-order chi connectivity index (χ0) is 17.1. The lowest BCUT2D eigenvalue weighted by Crippen LogP contribution is -2.48. The summed E-state index contributed by atoms with van der Waals surface area (Å²) in [5.74, 6) is -0.0512. The lowest BCUT2D eigenvalue weighted by atomic mass is 10.0. The number of carbonyl (C=O) groups excluding carboxylic acids is 1. The highest BCUT2D eigenvalue weighted by atomic mass is 19.4. The van der Waals surface area contributed by atoms with Crippen molar-refractivity contribution in [2.75, 3.05) is 6.54 Å². The van der Waals surface area contributed by atoms with Crippen LogP contribution in [0.5, 0.6) is 0 Å². The van der Waals surface area contributed by atoms with Crippen molar-refractivity contribution in [3.63, 3.8) is 0 Å². The van der Waals surface area contributed by atoms with Crippen LogP contribution < -0.4 is 0 Å². The minimum atomic E-state index is -4.46. The quantitative estimate of drug-likeness (QED) is 0.748. The Morgan fingerprint density at radius 1 is 1.25 bits per heavy atom.